The maximum absolute atomic E-state index is 8.93. The molecule has 1 fully saturated rings. The summed E-state index contributed by atoms with van der Waals surface area (Å²) in [6.07, 6.45) is 6.41. The van der Waals surface area contributed by atoms with E-state index < -0.39 is 0 Å². The molecule has 2 unspecified atom stereocenters. The predicted octanol–water partition coefficient (Wildman–Crippen LogP) is 5.73. The fourth-order valence-corrected chi connectivity index (χ4v) is 3.73. The maximum Gasteiger partial charge on any atom is 0.0992 e. The van der Waals surface area contributed by atoms with Crippen LogP contribution in [0.15, 0.2) is 22.7 Å². The number of anilines is 1. The van der Waals surface area contributed by atoms with Crippen molar-refractivity contribution in [2.75, 3.05) is 5.32 Å². The van der Waals surface area contributed by atoms with Crippen LogP contribution in [0, 0.1) is 22.7 Å². The first-order chi connectivity index (χ1) is 9.90. The quantitative estimate of drug-likeness (QED) is 0.692. The van der Waals surface area contributed by atoms with Crippen molar-refractivity contribution in [3.05, 3.63) is 28.2 Å². The molecule has 0 saturated heterocycles. The van der Waals surface area contributed by atoms with Crippen LogP contribution in [-0.4, -0.2) is 6.04 Å². The normalized spacial score (nSPS) is 23.2. The lowest BCUT2D eigenvalue weighted by atomic mass is 9.76. The molecule has 1 N–H and O–H groups in total. The van der Waals surface area contributed by atoms with Gasteiger partial charge in [-0.3, -0.25) is 0 Å². The van der Waals surface area contributed by atoms with Gasteiger partial charge < -0.3 is 5.32 Å². The van der Waals surface area contributed by atoms with Crippen molar-refractivity contribution >= 4 is 21.6 Å². The molecule has 0 spiro atoms. The van der Waals surface area contributed by atoms with Gasteiger partial charge in [-0.25, -0.2) is 0 Å². The summed E-state index contributed by atoms with van der Waals surface area (Å²) >= 11 is 3.56. The van der Waals surface area contributed by atoms with E-state index in [9.17, 15) is 0 Å². The molecule has 21 heavy (non-hydrogen) atoms. The summed E-state index contributed by atoms with van der Waals surface area (Å²) in [6, 6.07) is 8.49. The first-order valence-corrected chi connectivity index (χ1v) is 8.65. The van der Waals surface area contributed by atoms with Gasteiger partial charge in [-0.05, 0) is 71.1 Å². The lowest BCUT2D eigenvalue weighted by Gasteiger charge is -2.29. The number of benzene rings is 1. The van der Waals surface area contributed by atoms with Crippen molar-refractivity contribution in [1.29, 1.82) is 5.26 Å². The molecule has 3 heteroatoms. The molecule has 1 aromatic carbocycles. The standard InChI is InChI=1S/C18H25BrN2/c1-18(2,3)14-5-4-6-15(9-8-14)21-17-10-7-13(12-20)11-16(17)19/h7,10-11,14-15,21H,4-6,8-9H2,1-3H3. The van der Waals surface area contributed by atoms with Gasteiger partial charge in [0.15, 0.2) is 0 Å². The average molecular weight is 349 g/mol. The van der Waals surface area contributed by atoms with Crippen molar-refractivity contribution in [3.8, 4) is 6.07 Å². The molecule has 0 aromatic heterocycles. The molecule has 1 aliphatic rings. The molecule has 1 aromatic rings. The van der Waals surface area contributed by atoms with Crippen LogP contribution < -0.4 is 5.32 Å². The minimum atomic E-state index is 0.421. The van der Waals surface area contributed by atoms with Crippen LogP contribution in [-0.2, 0) is 0 Å². The minimum absolute atomic E-state index is 0.421. The highest BCUT2D eigenvalue weighted by Crippen LogP contribution is 2.37. The highest BCUT2D eigenvalue weighted by Gasteiger charge is 2.27. The van der Waals surface area contributed by atoms with Gasteiger partial charge in [-0.1, -0.05) is 27.2 Å². The first-order valence-electron chi connectivity index (χ1n) is 7.86. The Labute approximate surface area is 137 Å². The summed E-state index contributed by atoms with van der Waals surface area (Å²) in [5.41, 5.74) is 2.22. The summed E-state index contributed by atoms with van der Waals surface area (Å²) < 4.78 is 0.984. The van der Waals surface area contributed by atoms with Crippen LogP contribution in [0.4, 0.5) is 5.69 Å². The highest BCUT2D eigenvalue weighted by atomic mass is 79.9. The molecular formula is C18H25BrN2. The van der Waals surface area contributed by atoms with Gasteiger partial charge in [0.2, 0.25) is 0 Å². The second kappa shape index (κ2) is 6.83. The van der Waals surface area contributed by atoms with Crippen molar-refractivity contribution in [1.82, 2.24) is 0 Å². The van der Waals surface area contributed by atoms with Gasteiger partial charge in [0, 0.05) is 16.2 Å². The summed E-state index contributed by atoms with van der Waals surface area (Å²) in [5.74, 6) is 0.828. The van der Waals surface area contributed by atoms with E-state index in [0.717, 1.165) is 16.1 Å². The number of halogens is 1. The van der Waals surface area contributed by atoms with E-state index in [2.05, 4.69) is 48.1 Å². The first kappa shape index (κ1) is 16.4. The van der Waals surface area contributed by atoms with Crippen molar-refractivity contribution in [3.63, 3.8) is 0 Å². The van der Waals surface area contributed by atoms with E-state index in [0.29, 0.717) is 17.0 Å². The van der Waals surface area contributed by atoms with E-state index in [4.69, 9.17) is 5.26 Å². The molecule has 2 rings (SSSR count). The monoisotopic (exact) mass is 348 g/mol. The van der Waals surface area contributed by atoms with Gasteiger partial charge in [-0.15, -0.1) is 0 Å². The highest BCUT2D eigenvalue weighted by molar-refractivity contribution is 9.10. The number of hydrogen-bond donors (Lipinski definition) is 1. The van der Waals surface area contributed by atoms with E-state index in [1.54, 1.807) is 0 Å². The average Bonchev–Trinajstić information content (AvgIpc) is 2.66. The Morgan fingerprint density at radius 2 is 1.95 bits per heavy atom. The van der Waals surface area contributed by atoms with Gasteiger partial charge >= 0.3 is 0 Å². The fraction of sp³-hybridized carbons (Fsp3) is 0.611. The van der Waals surface area contributed by atoms with Crippen molar-refractivity contribution < 1.29 is 0 Å². The second-order valence-corrected chi connectivity index (χ2v) is 8.07. The molecule has 2 nitrogen and oxygen atoms in total. The van der Waals surface area contributed by atoms with Crippen LogP contribution in [0.3, 0.4) is 0 Å². The Hall–Kier alpha value is -1.01. The lowest BCUT2D eigenvalue weighted by Crippen LogP contribution is -2.21. The zero-order valence-electron chi connectivity index (χ0n) is 13.2. The SMILES string of the molecule is CC(C)(C)C1CCCC(Nc2ccc(C#N)cc2Br)CC1. The fourth-order valence-electron chi connectivity index (χ4n) is 3.23. The number of nitrogens with zero attached hydrogens (tertiary/aromatic N) is 1. The molecule has 0 heterocycles. The molecule has 1 aliphatic carbocycles. The van der Waals surface area contributed by atoms with Crippen LogP contribution in [0.25, 0.3) is 0 Å². The number of hydrogen-bond acceptors (Lipinski definition) is 2. The second-order valence-electron chi connectivity index (χ2n) is 7.22. The Balaban J connectivity index is 2.00. The van der Waals surface area contributed by atoms with E-state index in [1.165, 1.54) is 32.1 Å². The Morgan fingerprint density at radius 1 is 1.19 bits per heavy atom. The minimum Gasteiger partial charge on any atom is -0.381 e. The van der Waals surface area contributed by atoms with Crippen LogP contribution in [0.5, 0.6) is 0 Å². The van der Waals surface area contributed by atoms with Crippen molar-refractivity contribution in [2.45, 2.75) is 58.9 Å². The third kappa shape index (κ3) is 4.48. The van der Waals surface area contributed by atoms with Gasteiger partial charge in [0.05, 0.1) is 11.6 Å². The Kier molecular flexibility index (Phi) is 5.32. The van der Waals surface area contributed by atoms with Crippen molar-refractivity contribution in [2.24, 2.45) is 11.3 Å². The Bertz CT molecular complexity index is 525. The summed E-state index contributed by atoms with van der Waals surface area (Å²) in [7, 11) is 0. The third-order valence-corrected chi connectivity index (χ3v) is 5.31. The number of nitrogens with one attached hydrogen (secondary N) is 1. The van der Waals surface area contributed by atoms with Gasteiger partial charge in [0.1, 0.15) is 0 Å². The molecule has 0 bridgehead atoms. The topological polar surface area (TPSA) is 35.8 Å². The summed E-state index contributed by atoms with van der Waals surface area (Å²) in [6.45, 7) is 7.09. The predicted molar refractivity (Wildman–Crippen MR) is 92.3 cm³/mol. The summed E-state index contributed by atoms with van der Waals surface area (Å²) in [5, 5.41) is 12.6. The molecule has 2 atom stereocenters. The maximum atomic E-state index is 8.93. The van der Waals surface area contributed by atoms with E-state index in [-0.39, 0.29) is 0 Å². The molecule has 0 amide bonds. The largest absolute Gasteiger partial charge is 0.381 e. The molecular weight excluding hydrogens is 324 g/mol. The Morgan fingerprint density at radius 3 is 2.57 bits per heavy atom. The van der Waals surface area contributed by atoms with E-state index in [1.807, 2.05) is 18.2 Å². The molecule has 0 radical (unpaired) electrons. The van der Waals surface area contributed by atoms with Gasteiger partial charge in [0.25, 0.3) is 0 Å². The lowest BCUT2D eigenvalue weighted by molar-refractivity contribution is 0.214. The molecule has 114 valence electrons. The molecule has 0 aliphatic heterocycles. The number of nitriles is 1. The van der Waals surface area contributed by atoms with E-state index >= 15 is 0 Å². The van der Waals surface area contributed by atoms with Crippen LogP contribution in [0.2, 0.25) is 0 Å². The smallest absolute Gasteiger partial charge is 0.0992 e. The summed E-state index contributed by atoms with van der Waals surface area (Å²) in [4.78, 5) is 0. The van der Waals surface area contributed by atoms with Crippen LogP contribution >= 0.6 is 15.9 Å². The molecule has 1 saturated carbocycles. The van der Waals surface area contributed by atoms with Crippen LogP contribution in [0.1, 0.15) is 58.4 Å². The zero-order valence-corrected chi connectivity index (χ0v) is 14.8. The third-order valence-electron chi connectivity index (χ3n) is 4.65. The van der Waals surface area contributed by atoms with Gasteiger partial charge in [-0.2, -0.15) is 5.26 Å². The number of rotatable bonds is 2. The zero-order chi connectivity index (χ0) is 15.5.